The number of rotatable bonds is 5. The van der Waals surface area contributed by atoms with E-state index in [0.29, 0.717) is 34.9 Å². The van der Waals surface area contributed by atoms with Crippen LogP contribution in [0.1, 0.15) is 17.5 Å². The van der Waals surface area contributed by atoms with Crippen LogP contribution in [0.25, 0.3) is 0 Å². The second-order valence-corrected chi connectivity index (χ2v) is 7.74. The van der Waals surface area contributed by atoms with Gasteiger partial charge in [-0.2, -0.15) is 0 Å². The first-order valence-corrected chi connectivity index (χ1v) is 9.99. The van der Waals surface area contributed by atoms with Crippen LogP contribution in [-0.4, -0.2) is 34.8 Å². The molecule has 4 rings (SSSR count). The molecule has 158 valence electrons. The SMILES string of the molecule is O=C(CN1CCC(c2ccc(F)cc2)(c2ccc(F)cc2)C1=O)Nc1ccc(Cl)cn1. The van der Waals surface area contributed by atoms with E-state index in [1.165, 1.54) is 35.4 Å². The summed E-state index contributed by atoms with van der Waals surface area (Å²) >= 11 is 5.80. The molecule has 0 atom stereocenters. The number of anilines is 1. The van der Waals surface area contributed by atoms with Gasteiger partial charge in [0.15, 0.2) is 0 Å². The van der Waals surface area contributed by atoms with Crippen molar-refractivity contribution in [3.8, 4) is 0 Å². The van der Waals surface area contributed by atoms with E-state index in [1.54, 1.807) is 36.4 Å². The van der Waals surface area contributed by atoms with E-state index < -0.39 is 23.0 Å². The first-order valence-electron chi connectivity index (χ1n) is 9.61. The van der Waals surface area contributed by atoms with Crippen LogP contribution in [0.5, 0.6) is 0 Å². The highest BCUT2D eigenvalue weighted by Crippen LogP contribution is 2.42. The van der Waals surface area contributed by atoms with Crippen LogP contribution in [0.3, 0.4) is 0 Å². The number of nitrogens with one attached hydrogen (secondary N) is 1. The lowest BCUT2D eigenvalue weighted by Gasteiger charge is -2.29. The number of benzene rings is 2. The van der Waals surface area contributed by atoms with Gasteiger partial charge in [-0.15, -0.1) is 0 Å². The molecular formula is C23H18ClF2N3O2. The average Bonchev–Trinajstić information content (AvgIpc) is 3.08. The van der Waals surface area contributed by atoms with Crippen LogP contribution in [0.15, 0.2) is 66.9 Å². The minimum absolute atomic E-state index is 0.173. The Morgan fingerprint density at radius 3 is 2.10 bits per heavy atom. The van der Waals surface area contributed by atoms with Crippen LogP contribution in [0.4, 0.5) is 14.6 Å². The molecule has 2 heterocycles. The van der Waals surface area contributed by atoms with Gasteiger partial charge < -0.3 is 10.2 Å². The van der Waals surface area contributed by atoms with Crippen molar-refractivity contribution in [2.45, 2.75) is 11.8 Å². The molecule has 31 heavy (non-hydrogen) atoms. The minimum atomic E-state index is -1.12. The summed E-state index contributed by atoms with van der Waals surface area (Å²) in [4.78, 5) is 31.5. The van der Waals surface area contributed by atoms with E-state index in [-0.39, 0.29) is 12.5 Å². The quantitative estimate of drug-likeness (QED) is 0.646. The third-order valence-electron chi connectivity index (χ3n) is 5.41. The number of hydrogen-bond donors (Lipinski definition) is 1. The van der Waals surface area contributed by atoms with Crippen molar-refractivity contribution < 1.29 is 18.4 Å². The molecule has 0 radical (unpaired) electrons. The van der Waals surface area contributed by atoms with Gasteiger partial charge in [-0.05, 0) is 53.9 Å². The Morgan fingerprint density at radius 1 is 1.00 bits per heavy atom. The number of halogens is 3. The minimum Gasteiger partial charge on any atom is -0.332 e. The maximum atomic E-state index is 13.6. The second kappa shape index (κ2) is 8.43. The molecule has 0 unspecified atom stereocenters. The van der Waals surface area contributed by atoms with Crippen LogP contribution < -0.4 is 5.32 Å². The number of carbonyl (C=O) groups is 2. The maximum absolute atomic E-state index is 13.6. The smallest absolute Gasteiger partial charge is 0.245 e. The van der Waals surface area contributed by atoms with E-state index in [4.69, 9.17) is 11.6 Å². The molecule has 3 aromatic rings. The Morgan fingerprint density at radius 2 is 1.58 bits per heavy atom. The monoisotopic (exact) mass is 441 g/mol. The van der Waals surface area contributed by atoms with Crippen LogP contribution in [0, 0.1) is 11.6 Å². The molecule has 2 aromatic carbocycles. The van der Waals surface area contributed by atoms with Gasteiger partial charge in [0.2, 0.25) is 11.8 Å². The summed E-state index contributed by atoms with van der Waals surface area (Å²) in [6, 6.07) is 14.5. The second-order valence-electron chi connectivity index (χ2n) is 7.31. The molecule has 0 saturated carbocycles. The first-order chi connectivity index (χ1) is 14.9. The summed E-state index contributed by atoms with van der Waals surface area (Å²) in [5.41, 5.74) is 0.0563. The zero-order valence-corrected chi connectivity index (χ0v) is 17.1. The Kier molecular flexibility index (Phi) is 5.69. The van der Waals surface area contributed by atoms with Crippen molar-refractivity contribution in [1.82, 2.24) is 9.88 Å². The highest BCUT2D eigenvalue weighted by molar-refractivity contribution is 6.30. The third-order valence-corrected chi connectivity index (χ3v) is 5.64. The van der Waals surface area contributed by atoms with Gasteiger partial charge in [0.25, 0.3) is 0 Å². The summed E-state index contributed by atoms with van der Waals surface area (Å²) in [6.45, 7) is 0.141. The number of nitrogens with zero attached hydrogens (tertiary/aromatic N) is 2. The van der Waals surface area contributed by atoms with E-state index >= 15 is 0 Å². The molecule has 8 heteroatoms. The lowest BCUT2D eigenvalue weighted by molar-refractivity contribution is -0.134. The number of aromatic nitrogens is 1. The number of likely N-dealkylation sites (tertiary alicyclic amines) is 1. The van der Waals surface area contributed by atoms with Gasteiger partial charge in [-0.25, -0.2) is 13.8 Å². The zero-order chi connectivity index (χ0) is 22.0. The summed E-state index contributed by atoms with van der Waals surface area (Å²) in [5.74, 6) is -1.23. The molecule has 2 amide bonds. The lowest BCUT2D eigenvalue weighted by atomic mass is 9.73. The summed E-state index contributed by atoms with van der Waals surface area (Å²) in [6.07, 6.45) is 1.78. The lowest BCUT2D eigenvalue weighted by Crippen LogP contribution is -2.42. The van der Waals surface area contributed by atoms with E-state index in [9.17, 15) is 18.4 Å². The fraction of sp³-hybridized carbons (Fsp3) is 0.174. The van der Waals surface area contributed by atoms with E-state index in [2.05, 4.69) is 10.3 Å². The van der Waals surface area contributed by atoms with Gasteiger partial charge in [0.05, 0.1) is 11.6 Å². The predicted octanol–water partition coefficient (Wildman–Crippen LogP) is 4.17. The van der Waals surface area contributed by atoms with Crippen molar-refractivity contribution >= 4 is 29.2 Å². The van der Waals surface area contributed by atoms with Gasteiger partial charge >= 0.3 is 0 Å². The van der Waals surface area contributed by atoms with Crippen molar-refractivity contribution in [1.29, 1.82) is 0 Å². The molecule has 0 aliphatic carbocycles. The Bertz CT molecular complexity index is 1060. The van der Waals surface area contributed by atoms with E-state index in [1.807, 2.05) is 0 Å². The Labute approximate surface area is 182 Å². The first kappa shape index (κ1) is 20.9. The van der Waals surface area contributed by atoms with E-state index in [0.717, 1.165) is 0 Å². The molecule has 1 aliphatic heterocycles. The Hall–Kier alpha value is -3.32. The van der Waals surface area contributed by atoms with Crippen LogP contribution >= 0.6 is 11.6 Å². The molecule has 1 aliphatic rings. The van der Waals surface area contributed by atoms with Crippen molar-refractivity contribution in [3.63, 3.8) is 0 Å². The van der Waals surface area contributed by atoms with Crippen LogP contribution in [0.2, 0.25) is 5.02 Å². The number of hydrogen-bond acceptors (Lipinski definition) is 3. The van der Waals surface area contributed by atoms with Crippen molar-refractivity contribution in [2.24, 2.45) is 0 Å². The zero-order valence-electron chi connectivity index (χ0n) is 16.3. The van der Waals surface area contributed by atoms with Crippen molar-refractivity contribution in [2.75, 3.05) is 18.4 Å². The fourth-order valence-corrected chi connectivity index (χ4v) is 4.02. The third kappa shape index (κ3) is 4.14. The molecule has 0 bridgehead atoms. The molecule has 1 fully saturated rings. The highest BCUT2D eigenvalue weighted by Gasteiger charge is 2.49. The van der Waals surface area contributed by atoms with Gasteiger partial charge in [0.1, 0.15) is 22.9 Å². The Balaban J connectivity index is 1.61. The maximum Gasteiger partial charge on any atom is 0.245 e. The largest absolute Gasteiger partial charge is 0.332 e. The predicted molar refractivity (Wildman–Crippen MR) is 113 cm³/mol. The topological polar surface area (TPSA) is 62.3 Å². The van der Waals surface area contributed by atoms with Crippen molar-refractivity contribution in [3.05, 3.63) is 94.6 Å². The van der Waals surface area contributed by atoms with Gasteiger partial charge in [-0.3, -0.25) is 9.59 Å². The number of amides is 2. The molecule has 5 nitrogen and oxygen atoms in total. The van der Waals surface area contributed by atoms with Gasteiger partial charge in [-0.1, -0.05) is 35.9 Å². The fourth-order valence-electron chi connectivity index (χ4n) is 3.91. The summed E-state index contributed by atoms with van der Waals surface area (Å²) in [5, 5.41) is 3.08. The highest BCUT2D eigenvalue weighted by atomic mass is 35.5. The number of carbonyl (C=O) groups excluding carboxylic acids is 2. The number of pyridine rings is 1. The molecule has 1 N–H and O–H groups in total. The standard InChI is InChI=1S/C23H18ClF2N3O2/c24-17-5-10-20(27-13-17)28-21(30)14-29-12-11-23(22(29)31,15-1-6-18(25)7-2-15)16-3-8-19(26)9-4-16/h1-10,13H,11-12,14H2,(H,27,28,30). The molecule has 1 aromatic heterocycles. The van der Waals surface area contributed by atoms with Crippen LogP contribution in [-0.2, 0) is 15.0 Å². The van der Waals surface area contributed by atoms with Gasteiger partial charge in [0, 0.05) is 12.7 Å². The average molecular weight is 442 g/mol. The molecular weight excluding hydrogens is 424 g/mol. The summed E-state index contributed by atoms with van der Waals surface area (Å²) < 4.78 is 27.0. The molecule has 1 saturated heterocycles. The molecule has 0 spiro atoms. The normalized spacial score (nSPS) is 15.2. The summed E-state index contributed by atoms with van der Waals surface area (Å²) in [7, 11) is 0.